The molecule has 0 amide bonds. The molecule has 0 saturated heterocycles. The van der Waals surface area contributed by atoms with E-state index in [1.165, 1.54) is 14.2 Å². The second-order valence-corrected chi connectivity index (χ2v) is 10.7. The van der Waals surface area contributed by atoms with Crippen molar-refractivity contribution in [3.8, 4) is 17.2 Å². The van der Waals surface area contributed by atoms with Gasteiger partial charge in [-0.05, 0) is 55.3 Å². The van der Waals surface area contributed by atoms with Crippen molar-refractivity contribution in [3.05, 3.63) is 70.3 Å². The van der Waals surface area contributed by atoms with E-state index in [1.807, 2.05) is 19.1 Å². The minimum Gasteiger partial charge on any atom is -0.493 e. The zero-order chi connectivity index (χ0) is 30.9. The number of fused-ring (bicyclic) bond motifs is 2. The van der Waals surface area contributed by atoms with Gasteiger partial charge in [0.05, 0.1) is 20.8 Å². The van der Waals surface area contributed by atoms with Crippen LogP contribution in [0.25, 0.3) is 6.08 Å². The van der Waals surface area contributed by atoms with Crippen LogP contribution in [0.2, 0.25) is 0 Å². The standard InChI is InChI=1S/C30H35BF2N6O4/c1-18-12-19(2)38-25(18)16-23-8-7-22(39(23)31(38,32)33)9-10-24(40)6-5-11-43-28-26(41-3)14-20(15-27(28)42-4)13-21-17-36-30(35)37-29(21)34/h7-8,12,14-17H,5-6,9-11,13H2,1-4H3,(H4,34,35,36,37)/i32-1. The summed E-state index contributed by atoms with van der Waals surface area (Å²) in [5.41, 5.74) is 15.9. The van der Waals surface area contributed by atoms with E-state index in [4.69, 9.17) is 25.7 Å². The van der Waals surface area contributed by atoms with Crippen LogP contribution in [0.15, 0.2) is 42.2 Å². The molecule has 1 unspecified atom stereocenters. The number of rotatable bonds is 12. The Morgan fingerprint density at radius 2 is 1.79 bits per heavy atom. The van der Waals surface area contributed by atoms with Gasteiger partial charge in [0, 0.05) is 61.4 Å². The van der Waals surface area contributed by atoms with Crippen LogP contribution in [0.4, 0.5) is 20.4 Å². The summed E-state index contributed by atoms with van der Waals surface area (Å²) < 4.78 is 50.5. The molecule has 3 aromatic rings. The highest BCUT2D eigenvalue weighted by Crippen LogP contribution is 2.39. The Hall–Kier alpha value is -4.68. The number of hydrogen-bond acceptors (Lipinski definition) is 8. The number of ether oxygens (including phenoxy) is 3. The number of hydrogen-bond donors (Lipinski definition) is 2. The topological polar surface area (TPSA) is 131 Å². The summed E-state index contributed by atoms with van der Waals surface area (Å²) in [5.74, 6) is 1.71. The second kappa shape index (κ2) is 11.9. The van der Waals surface area contributed by atoms with E-state index in [-0.39, 0.29) is 37.6 Å². The zero-order valence-electron chi connectivity index (χ0n) is 24.7. The third-order valence-electron chi connectivity index (χ3n) is 7.75. The summed E-state index contributed by atoms with van der Waals surface area (Å²) in [7, 11) is 3.05. The highest BCUT2D eigenvalue weighted by Gasteiger charge is 2.52. The molecule has 4 heterocycles. The zero-order valence-corrected chi connectivity index (χ0v) is 24.7. The lowest BCUT2D eigenvalue weighted by molar-refractivity contribution is -0.362. The molecule has 0 fully saturated rings. The summed E-state index contributed by atoms with van der Waals surface area (Å²) in [6, 6.07) is 5.39. The van der Waals surface area contributed by atoms with Crippen molar-refractivity contribution in [2.45, 2.75) is 46.0 Å². The summed E-state index contributed by atoms with van der Waals surface area (Å²) in [6.45, 7) is -0.284. The summed E-state index contributed by atoms with van der Waals surface area (Å²) in [5, 5.41) is 0. The molecule has 1 aromatic carbocycles. The van der Waals surface area contributed by atoms with E-state index in [0.29, 0.717) is 64.3 Å². The first-order valence-corrected chi connectivity index (χ1v) is 14.1. The first kappa shape index (κ1) is 29.8. The Labute approximate surface area is 248 Å². The van der Waals surface area contributed by atoms with Gasteiger partial charge in [0.2, 0.25) is 11.7 Å². The molecule has 1 atom stereocenters. The second-order valence-electron chi connectivity index (χ2n) is 10.7. The number of aryl methyl sites for hydroxylation is 2. The molecule has 2 aromatic heterocycles. The predicted molar refractivity (Wildman–Crippen MR) is 162 cm³/mol. The van der Waals surface area contributed by atoms with Gasteiger partial charge >= 0.3 is 6.97 Å². The highest BCUT2D eigenvalue weighted by molar-refractivity contribution is 6.58. The average molecular weight is 591 g/mol. The monoisotopic (exact) mass is 591 g/mol. The SMILES string of the molecule is COc1cc(Cc2cnc(N)nc2N)cc(OC)c1OCCCC(=O)CCC1=[N+]2C(=Cc3c(C)cc(C)n3[B-]2(F)[18F])C=C1. The van der Waals surface area contributed by atoms with Gasteiger partial charge in [-0.1, -0.05) is 0 Å². The summed E-state index contributed by atoms with van der Waals surface area (Å²) in [4.78, 5) is 20.7. The number of Topliss-reactive ketones (excluding diaryl/α,β-unsaturated/α-hetero) is 1. The lowest BCUT2D eigenvalue weighted by atomic mass is 9.89. The molecule has 2 aliphatic rings. The Morgan fingerprint density at radius 1 is 1.07 bits per heavy atom. The number of ketones is 1. The van der Waals surface area contributed by atoms with E-state index in [9.17, 15) is 4.79 Å². The van der Waals surface area contributed by atoms with E-state index in [1.54, 1.807) is 37.4 Å². The van der Waals surface area contributed by atoms with Crippen LogP contribution in [0.3, 0.4) is 0 Å². The van der Waals surface area contributed by atoms with Gasteiger partial charge in [-0.15, -0.1) is 0 Å². The van der Waals surface area contributed by atoms with Gasteiger partial charge in [0.25, 0.3) is 0 Å². The van der Waals surface area contributed by atoms with Crippen LogP contribution in [-0.4, -0.2) is 58.2 Å². The predicted octanol–water partition coefficient (Wildman–Crippen LogP) is 4.48. The number of methoxy groups -OCH3 is 2. The molecule has 0 radical (unpaired) electrons. The van der Waals surface area contributed by atoms with Crippen LogP contribution in [-0.2, 0) is 11.2 Å². The van der Waals surface area contributed by atoms with Crippen LogP contribution < -0.4 is 25.7 Å². The lowest BCUT2D eigenvalue weighted by Gasteiger charge is -2.30. The number of allylic oxidation sites excluding steroid dienone is 2. The van der Waals surface area contributed by atoms with Gasteiger partial charge in [-0.3, -0.25) is 4.79 Å². The van der Waals surface area contributed by atoms with Crippen molar-refractivity contribution in [2.75, 3.05) is 32.3 Å². The number of nitrogens with zero attached hydrogens (tertiary/aromatic N) is 4. The van der Waals surface area contributed by atoms with Gasteiger partial charge in [0.1, 0.15) is 17.3 Å². The Bertz CT molecular complexity index is 1660. The minimum atomic E-state index is -4.04. The third-order valence-corrected chi connectivity index (χ3v) is 7.75. The molecule has 0 bridgehead atoms. The third kappa shape index (κ3) is 5.84. The number of nitrogens with two attached hydrogens (primary N) is 2. The van der Waals surface area contributed by atoms with Crippen LogP contribution >= 0.6 is 0 Å². The van der Waals surface area contributed by atoms with E-state index in [2.05, 4.69) is 9.97 Å². The van der Waals surface area contributed by atoms with Crippen molar-refractivity contribution in [1.29, 1.82) is 0 Å². The lowest BCUT2D eigenvalue weighted by Crippen LogP contribution is -2.50. The van der Waals surface area contributed by atoms with Gasteiger partial charge in [-0.2, -0.15) is 4.98 Å². The normalized spacial score (nSPS) is 17.0. The number of nitrogen functional groups attached to an aromatic ring is 2. The van der Waals surface area contributed by atoms with Crippen molar-refractivity contribution in [1.82, 2.24) is 14.4 Å². The van der Waals surface area contributed by atoms with Crippen LogP contribution in [0.1, 0.15) is 53.8 Å². The number of carbonyl (C=O) groups is 1. The quantitative estimate of drug-likeness (QED) is 0.233. The molecular weight excluding hydrogens is 556 g/mol. The van der Waals surface area contributed by atoms with Crippen molar-refractivity contribution >= 4 is 36.3 Å². The van der Waals surface area contributed by atoms with Gasteiger partial charge < -0.3 is 43.3 Å². The first-order valence-electron chi connectivity index (χ1n) is 14.1. The molecule has 0 aliphatic carbocycles. The molecule has 4 N–H and O–H groups in total. The Morgan fingerprint density at radius 3 is 2.47 bits per heavy atom. The number of halogens is 2. The Kier molecular flexibility index (Phi) is 8.25. The van der Waals surface area contributed by atoms with Crippen molar-refractivity contribution in [2.24, 2.45) is 0 Å². The molecular formula is C30H35BF2N6O4. The molecule has 13 heteroatoms. The van der Waals surface area contributed by atoms with E-state index < -0.39 is 6.97 Å². The maximum absolute atomic E-state index is 15.6. The van der Waals surface area contributed by atoms with Gasteiger partial charge in [-0.25, -0.2) is 4.98 Å². The minimum absolute atomic E-state index is 0.0268. The first-order chi connectivity index (χ1) is 20.5. The van der Waals surface area contributed by atoms with E-state index >= 15 is 8.63 Å². The fourth-order valence-electron chi connectivity index (χ4n) is 5.70. The fourth-order valence-corrected chi connectivity index (χ4v) is 5.70. The molecule has 5 rings (SSSR count). The fraction of sp³-hybridized carbons (Fsp3) is 0.333. The van der Waals surface area contributed by atoms with E-state index in [0.717, 1.165) is 20.1 Å². The molecule has 2 aliphatic heterocycles. The molecule has 226 valence electrons. The maximum atomic E-state index is 15.6. The number of anilines is 2. The molecule has 0 spiro atoms. The van der Waals surface area contributed by atoms with Crippen LogP contribution in [0, 0.1) is 13.8 Å². The average Bonchev–Trinajstić information content (AvgIpc) is 3.52. The molecule has 10 nitrogen and oxygen atoms in total. The number of carbonyl (C=O) groups excluding carboxylic acids is 1. The maximum Gasteiger partial charge on any atom is 0.737 e. The largest absolute Gasteiger partial charge is 0.737 e. The summed E-state index contributed by atoms with van der Waals surface area (Å²) in [6.07, 6.45) is 8.24. The van der Waals surface area contributed by atoms with Gasteiger partial charge in [0.15, 0.2) is 17.2 Å². The highest BCUT2D eigenvalue weighted by atomic mass is 19.1. The smallest absolute Gasteiger partial charge is 0.493 e. The molecule has 43 heavy (non-hydrogen) atoms. The van der Waals surface area contributed by atoms with Crippen molar-refractivity contribution < 1.29 is 32.1 Å². The van der Waals surface area contributed by atoms with Crippen LogP contribution in [0.5, 0.6) is 17.2 Å². The van der Waals surface area contributed by atoms with Crippen molar-refractivity contribution in [3.63, 3.8) is 0 Å². The summed E-state index contributed by atoms with van der Waals surface area (Å²) >= 11 is 0. The number of benzene rings is 1. The molecule has 0 saturated carbocycles. The Balaban J connectivity index is 1.18. The number of aromatic nitrogens is 3.